The molecule has 0 saturated heterocycles. The van der Waals surface area contributed by atoms with Gasteiger partial charge in [0.25, 0.3) is 10.0 Å². The molecule has 11 heteroatoms. The Morgan fingerprint density at radius 2 is 1.59 bits per heavy atom. The Bertz CT molecular complexity index is 1100. The van der Waals surface area contributed by atoms with Crippen LogP contribution in [0.3, 0.4) is 0 Å². The highest BCUT2D eigenvalue weighted by Gasteiger charge is 2.21. The van der Waals surface area contributed by atoms with Crippen LogP contribution in [0.15, 0.2) is 46.2 Å². The van der Waals surface area contributed by atoms with Crippen molar-refractivity contribution in [2.45, 2.75) is 23.6 Å². The summed E-state index contributed by atoms with van der Waals surface area (Å²) >= 11 is 0. The number of sulfonamides is 2. The molecule has 2 rings (SSSR count). The SMILES string of the molecule is COc1ccc(NS(=O)(=O)c2cc(NC(C)=O)ccc2C)cc1S(N)(=O)=O. The molecule has 0 atom stereocenters. The van der Waals surface area contributed by atoms with Crippen molar-refractivity contribution in [2.24, 2.45) is 5.14 Å². The summed E-state index contributed by atoms with van der Waals surface area (Å²) in [6, 6.07) is 8.13. The van der Waals surface area contributed by atoms with Crippen LogP contribution in [0.2, 0.25) is 0 Å². The number of nitrogens with two attached hydrogens (primary N) is 1. The summed E-state index contributed by atoms with van der Waals surface area (Å²) in [6.07, 6.45) is 0. The summed E-state index contributed by atoms with van der Waals surface area (Å²) in [5.74, 6) is -0.354. The summed E-state index contributed by atoms with van der Waals surface area (Å²) in [7, 11) is -6.92. The summed E-state index contributed by atoms with van der Waals surface area (Å²) < 4.78 is 56.1. The first-order chi connectivity index (χ1) is 12.4. The average Bonchev–Trinajstić information content (AvgIpc) is 2.55. The zero-order valence-corrected chi connectivity index (χ0v) is 16.4. The van der Waals surface area contributed by atoms with Crippen LogP contribution in [0.1, 0.15) is 12.5 Å². The third-order valence-corrected chi connectivity index (χ3v) is 5.98. The molecule has 0 radical (unpaired) electrons. The third kappa shape index (κ3) is 4.96. The molecule has 0 unspecified atom stereocenters. The van der Waals surface area contributed by atoms with E-state index in [0.717, 1.165) is 6.07 Å². The van der Waals surface area contributed by atoms with Gasteiger partial charge in [-0.25, -0.2) is 22.0 Å². The van der Waals surface area contributed by atoms with Gasteiger partial charge in [-0.1, -0.05) is 6.07 Å². The Morgan fingerprint density at radius 1 is 1.00 bits per heavy atom. The van der Waals surface area contributed by atoms with E-state index in [4.69, 9.17) is 9.88 Å². The minimum absolute atomic E-state index is 0.00992. The number of nitrogens with one attached hydrogen (secondary N) is 2. The zero-order valence-electron chi connectivity index (χ0n) is 14.8. The van der Waals surface area contributed by atoms with E-state index < -0.39 is 20.0 Å². The maximum absolute atomic E-state index is 12.7. The second kappa shape index (κ2) is 7.55. The van der Waals surface area contributed by atoms with E-state index in [1.807, 2.05) is 0 Å². The predicted octanol–water partition coefficient (Wildman–Crippen LogP) is 1.41. The van der Waals surface area contributed by atoms with Crippen molar-refractivity contribution >= 4 is 37.3 Å². The van der Waals surface area contributed by atoms with E-state index in [1.54, 1.807) is 19.1 Å². The normalized spacial score (nSPS) is 11.7. The van der Waals surface area contributed by atoms with Gasteiger partial charge in [0.05, 0.1) is 17.7 Å². The Balaban J connectivity index is 2.47. The van der Waals surface area contributed by atoms with Crippen molar-refractivity contribution in [3.05, 3.63) is 42.0 Å². The lowest BCUT2D eigenvalue weighted by molar-refractivity contribution is -0.114. The van der Waals surface area contributed by atoms with Crippen LogP contribution in [0.4, 0.5) is 11.4 Å². The average molecular weight is 413 g/mol. The first-order valence-electron chi connectivity index (χ1n) is 7.56. The molecule has 0 aliphatic rings. The number of primary sulfonamides is 1. The molecule has 1 amide bonds. The van der Waals surface area contributed by atoms with E-state index in [0.29, 0.717) is 11.3 Å². The fourth-order valence-corrected chi connectivity index (χ4v) is 4.39. The number of aryl methyl sites for hydroxylation is 1. The zero-order chi connectivity index (χ0) is 20.4. The van der Waals surface area contributed by atoms with E-state index in [1.165, 1.54) is 32.2 Å². The molecule has 2 aromatic carbocycles. The number of amides is 1. The summed E-state index contributed by atoms with van der Waals surface area (Å²) in [4.78, 5) is 10.8. The lowest BCUT2D eigenvalue weighted by atomic mass is 10.2. The number of hydrogen-bond acceptors (Lipinski definition) is 6. The van der Waals surface area contributed by atoms with E-state index in [2.05, 4.69) is 10.0 Å². The smallest absolute Gasteiger partial charge is 0.262 e. The Hall–Kier alpha value is -2.63. The van der Waals surface area contributed by atoms with E-state index >= 15 is 0 Å². The van der Waals surface area contributed by atoms with Crippen LogP contribution in [-0.4, -0.2) is 29.9 Å². The minimum atomic E-state index is -4.12. The number of benzene rings is 2. The first kappa shape index (κ1) is 20.7. The van der Waals surface area contributed by atoms with Gasteiger partial charge in [-0.15, -0.1) is 0 Å². The van der Waals surface area contributed by atoms with Crippen molar-refractivity contribution in [2.75, 3.05) is 17.1 Å². The molecule has 0 aliphatic heterocycles. The van der Waals surface area contributed by atoms with Gasteiger partial charge in [0.15, 0.2) is 0 Å². The molecule has 0 bridgehead atoms. The Morgan fingerprint density at radius 3 is 2.15 bits per heavy atom. The first-order valence-corrected chi connectivity index (χ1v) is 10.6. The lowest BCUT2D eigenvalue weighted by Gasteiger charge is -2.14. The monoisotopic (exact) mass is 413 g/mol. The molecule has 0 aliphatic carbocycles. The number of carbonyl (C=O) groups excluding carboxylic acids is 1. The van der Waals surface area contributed by atoms with Crippen LogP contribution >= 0.6 is 0 Å². The molecule has 4 N–H and O–H groups in total. The van der Waals surface area contributed by atoms with E-state index in [-0.39, 0.29) is 27.1 Å². The molecule has 2 aromatic rings. The second-order valence-corrected chi connectivity index (χ2v) is 8.86. The highest BCUT2D eigenvalue weighted by molar-refractivity contribution is 7.92. The van der Waals surface area contributed by atoms with Crippen molar-refractivity contribution in [3.63, 3.8) is 0 Å². The molecule has 0 spiro atoms. The van der Waals surface area contributed by atoms with Crippen LogP contribution in [0.5, 0.6) is 5.75 Å². The summed E-state index contributed by atoms with van der Waals surface area (Å²) in [5.41, 5.74) is 0.745. The third-order valence-electron chi connectivity index (χ3n) is 3.52. The molecule has 0 saturated carbocycles. The highest BCUT2D eigenvalue weighted by Crippen LogP contribution is 2.28. The van der Waals surface area contributed by atoms with Crippen molar-refractivity contribution in [1.82, 2.24) is 0 Å². The second-order valence-electron chi connectivity index (χ2n) is 5.68. The minimum Gasteiger partial charge on any atom is -0.495 e. The molecule has 0 aromatic heterocycles. The predicted molar refractivity (Wildman–Crippen MR) is 101 cm³/mol. The van der Waals surface area contributed by atoms with Crippen molar-refractivity contribution < 1.29 is 26.4 Å². The quantitative estimate of drug-likeness (QED) is 0.653. The molecule has 146 valence electrons. The van der Waals surface area contributed by atoms with Crippen LogP contribution in [-0.2, 0) is 24.8 Å². The molecule has 0 fully saturated rings. The number of hydrogen-bond donors (Lipinski definition) is 3. The van der Waals surface area contributed by atoms with Gasteiger partial charge in [-0.05, 0) is 42.8 Å². The summed E-state index contributed by atoms with van der Waals surface area (Å²) in [6.45, 7) is 2.90. The van der Waals surface area contributed by atoms with Crippen LogP contribution in [0, 0.1) is 6.92 Å². The number of methoxy groups -OCH3 is 1. The van der Waals surface area contributed by atoms with E-state index in [9.17, 15) is 21.6 Å². The van der Waals surface area contributed by atoms with Crippen LogP contribution < -0.4 is 19.9 Å². The molecule has 27 heavy (non-hydrogen) atoms. The maximum atomic E-state index is 12.7. The number of ether oxygens (including phenoxy) is 1. The van der Waals surface area contributed by atoms with Crippen LogP contribution in [0.25, 0.3) is 0 Å². The fourth-order valence-electron chi connectivity index (χ4n) is 2.34. The Labute approximate surface area is 157 Å². The number of carbonyl (C=O) groups is 1. The standard InChI is InChI=1S/C16H19N3O6S2/c1-10-4-5-12(18-11(2)20)8-15(10)27(23,24)19-13-6-7-14(25-3)16(9-13)26(17,21)22/h4-9,19H,1-3H3,(H,18,20)(H2,17,21,22). The largest absolute Gasteiger partial charge is 0.495 e. The molecule has 0 heterocycles. The molecular weight excluding hydrogens is 394 g/mol. The topological polar surface area (TPSA) is 145 Å². The van der Waals surface area contributed by atoms with Gasteiger partial charge in [0.2, 0.25) is 15.9 Å². The van der Waals surface area contributed by atoms with Gasteiger partial charge in [0.1, 0.15) is 10.6 Å². The number of anilines is 2. The van der Waals surface area contributed by atoms with Gasteiger partial charge in [-0.3, -0.25) is 9.52 Å². The lowest BCUT2D eigenvalue weighted by Crippen LogP contribution is -2.17. The van der Waals surface area contributed by atoms with Gasteiger partial charge in [-0.2, -0.15) is 0 Å². The van der Waals surface area contributed by atoms with Crippen molar-refractivity contribution in [3.8, 4) is 5.75 Å². The van der Waals surface area contributed by atoms with Gasteiger partial charge in [0, 0.05) is 12.6 Å². The summed E-state index contributed by atoms with van der Waals surface area (Å²) in [5, 5.41) is 7.65. The van der Waals surface area contributed by atoms with Gasteiger partial charge < -0.3 is 10.1 Å². The molecular formula is C16H19N3O6S2. The Kier molecular flexibility index (Phi) is 5.78. The highest BCUT2D eigenvalue weighted by atomic mass is 32.2. The van der Waals surface area contributed by atoms with Crippen molar-refractivity contribution in [1.29, 1.82) is 0 Å². The van der Waals surface area contributed by atoms with Gasteiger partial charge >= 0.3 is 0 Å². The maximum Gasteiger partial charge on any atom is 0.262 e. The number of rotatable bonds is 6. The fraction of sp³-hybridized carbons (Fsp3) is 0.188. The molecule has 9 nitrogen and oxygen atoms in total.